The molecule has 3 aromatic carbocycles. The SMILES string of the molecule is COC(=O)c1cc(O)cc(-n2cccc2Cc2cc(Cl)ccc2OCc2cccc(F)c2F)c1. The summed E-state index contributed by atoms with van der Waals surface area (Å²) in [7, 11) is 1.27. The van der Waals surface area contributed by atoms with Gasteiger partial charge in [-0.1, -0.05) is 23.7 Å². The molecule has 8 heteroatoms. The Kier molecular flexibility index (Phi) is 6.84. The van der Waals surface area contributed by atoms with Crippen LogP contribution >= 0.6 is 11.6 Å². The van der Waals surface area contributed by atoms with Crippen molar-refractivity contribution in [2.75, 3.05) is 7.11 Å². The standard InChI is InChI=1S/C26H20ClF2NO4/c1-33-26(32)18-12-21(14-22(31)13-18)30-9-3-5-20(30)11-17-10-19(27)7-8-24(17)34-15-16-4-2-6-23(28)25(16)29/h2-10,12-14,31H,11,15H2,1H3. The number of halogens is 3. The summed E-state index contributed by atoms with van der Waals surface area (Å²) in [6.45, 7) is -0.158. The van der Waals surface area contributed by atoms with Gasteiger partial charge in [-0.05, 0) is 48.5 Å². The summed E-state index contributed by atoms with van der Waals surface area (Å²) in [5, 5.41) is 10.6. The Labute approximate surface area is 199 Å². The van der Waals surface area contributed by atoms with E-state index < -0.39 is 17.6 Å². The summed E-state index contributed by atoms with van der Waals surface area (Å²) in [5.41, 5.74) is 2.40. The van der Waals surface area contributed by atoms with E-state index in [1.807, 2.05) is 16.7 Å². The molecule has 4 rings (SSSR count). The number of rotatable bonds is 7. The van der Waals surface area contributed by atoms with Crippen molar-refractivity contribution in [2.24, 2.45) is 0 Å². The molecule has 0 saturated heterocycles. The van der Waals surface area contributed by atoms with Crippen molar-refractivity contribution in [3.8, 4) is 17.2 Å². The molecule has 0 radical (unpaired) electrons. The molecule has 4 aromatic rings. The smallest absolute Gasteiger partial charge is 0.338 e. The summed E-state index contributed by atoms with van der Waals surface area (Å²) in [6.07, 6.45) is 2.16. The molecule has 0 atom stereocenters. The third-order valence-electron chi connectivity index (χ3n) is 5.24. The Morgan fingerprint density at radius 1 is 1.03 bits per heavy atom. The highest BCUT2D eigenvalue weighted by Crippen LogP contribution is 2.29. The van der Waals surface area contributed by atoms with Gasteiger partial charge in [0.15, 0.2) is 11.6 Å². The molecule has 0 amide bonds. The molecule has 1 aromatic heterocycles. The maximum absolute atomic E-state index is 14.0. The van der Waals surface area contributed by atoms with Crippen LogP contribution in [0.15, 0.2) is 72.9 Å². The molecule has 0 unspecified atom stereocenters. The molecule has 0 aliphatic carbocycles. The number of benzene rings is 3. The van der Waals surface area contributed by atoms with Gasteiger partial charge < -0.3 is 19.1 Å². The fourth-order valence-electron chi connectivity index (χ4n) is 3.62. The van der Waals surface area contributed by atoms with E-state index in [0.29, 0.717) is 22.9 Å². The molecule has 34 heavy (non-hydrogen) atoms. The highest BCUT2D eigenvalue weighted by molar-refractivity contribution is 6.30. The van der Waals surface area contributed by atoms with Gasteiger partial charge in [0, 0.05) is 46.2 Å². The largest absolute Gasteiger partial charge is 0.508 e. The summed E-state index contributed by atoms with van der Waals surface area (Å²) in [4.78, 5) is 12.0. The first kappa shape index (κ1) is 23.3. The van der Waals surface area contributed by atoms with Crippen LogP contribution in [0.25, 0.3) is 5.69 Å². The van der Waals surface area contributed by atoms with Crippen LogP contribution < -0.4 is 4.74 Å². The van der Waals surface area contributed by atoms with E-state index in [0.717, 1.165) is 17.3 Å². The second kappa shape index (κ2) is 9.97. The lowest BCUT2D eigenvalue weighted by atomic mass is 10.1. The third kappa shape index (κ3) is 5.05. The monoisotopic (exact) mass is 483 g/mol. The number of methoxy groups -OCH3 is 1. The fourth-order valence-corrected chi connectivity index (χ4v) is 3.81. The van der Waals surface area contributed by atoms with E-state index in [1.165, 1.54) is 31.4 Å². The van der Waals surface area contributed by atoms with Crippen molar-refractivity contribution in [3.63, 3.8) is 0 Å². The minimum atomic E-state index is -0.947. The number of nitrogens with zero attached hydrogens (tertiary/aromatic N) is 1. The van der Waals surface area contributed by atoms with Crippen LogP contribution in [0.4, 0.5) is 8.78 Å². The molecular weight excluding hydrogens is 464 g/mol. The molecular formula is C26H20ClF2NO4. The molecule has 0 fully saturated rings. The quantitative estimate of drug-likeness (QED) is 0.324. The van der Waals surface area contributed by atoms with Crippen molar-refractivity contribution >= 4 is 17.6 Å². The van der Waals surface area contributed by atoms with Crippen LogP contribution in [0, 0.1) is 11.6 Å². The average molecular weight is 484 g/mol. The van der Waals surface area contributed by atoms with Gasteiger partial charge in [-0.2, -0.15) is 0 Å². The fraction of sp³-hybridized carbons (Fsp3) is 0.115. The topological polar surface area (TPSA) is 60.7 Å². The number of aromatic hydroxyl groups is 1. The highest BCUT2D eigenvalue weighted by Gasteiger charge is 2.15. The zero-order chi connectivity index (χ0) is 24.2. The van der Waals surface area contributed by atoms with E-state index in [2.05, 4.69) is 0 Å². The zero-order valence-corrected chi connectivity index (χ0v) is 18.9. The van der Waals surface area contributed by atoms with Gasteiger partial charge in [0.2, 0.25) is 0 Å². The van der Waals surface area contributed by atoms with E-state index in [-0.39, 0.29) is 23.5 Å². The Hall–Kier alpha value is -3.84. The lowest BCUT2D eigenvalue weighted by molar-refractivity contribution is 0.0600. The summed E-state index contributed by atoms with van der Waals surface area (Å²) >= 11 is 6.21. The molecule has 0 aliphatic rings. The molecule has 174 valence electrons. The number of carbonyl (C=O) groups is 1. The first-order valence-electron chi connectivity index (χ1n) is 10.3. The third-order valence-corrected chi connectivity index (χ3v) is 5.48. The number of aromatic nitrogens is 1. The second-order valence-electron chi connectivity index (χ2n) is 7.53. The van der Waals surface area contributed by atoms with Crippen LogP contribution in [0.2, 0.25) is 5.02 Å². The van der Waals surface area contributed by atoms with Gasteiger partial charge >= 0.3 is 5.97 Å². The van der Waals surface area contributed by atoms with E-state index in [1.54, 1.807) is 30.5 Å². The van der Waals surface area contributed by atoms with Gasteiger partial charge in [0.05, 0.1) is 12.7 Å². The number of hydrogen-bond donors (Lipinski definition) is 1. The van der Waals surface area contributed by atoms with Crippen LogP contribution in [0.3, 0.4) is 0 Å². The summed E-state index contributed by atoms with van der Waals surface area (Å²) < 4.78 is 39.9. The van der Waals surface area contributed by atoms with Crippen LogP contribution in [0.5, 0.6) is 11.5 Å². The van der Waals surface area contributed by atoms with Crippen LogP contribution in [-0.4, -0.2) is 22.8 Å². The van der Waals surface area contributed by atoms with Gasteiger partial charge in [-0.25, -0.2) is 13.6 Å². The zero-order valence-electron chi connectivity index (χ0n) is 18.1. The second-order valence-corrected chi connectivity index (χ2v) is 7.97. The lowest BCUT2D eigenvalue weighted by Gasteiger charge is -2.15. The Bertz CT molecular complexity index is 1350. The molecule has 0 spiro atoms. The van der Waals surface area contributed by atoms with E-state index in [4.69, 9.17) is 21.1 Å². The number of ether oxygens (including phenoxy) is 2. The molecule has 0 saturated carbocycles. The van der Waals surface area contributed by atoms with E-state index in [9.17, 15) is 18.7 Å². The Balaban J connectivity index is 1.63. The van der Waals surface area contributed by atoms with Gasteiger partial charge in [0.1, 0.15) is 18.1 Å². The Morgan fingerprint density at radius 3 is 2.65 bits per heavy atom. The molecule has 5 nitrogen and oxygen atoms in total. The Morgan fingerprint density at radius 2 is 1.85 bits per heavy atom. The minimum Gasteiger partial charge on any atom is -0.508 e. The number of esters is 1. The molecule has 1 heterocycles. The number of phenolic OH excluding ortho intramolecular Hbond substituents is 1. The van der Waals surface area contributed by atoms with Crippen molar-refractivity contribution < 1.29 is 28.2 Å². The van der Waals surface area contributed by atoms with Crippen molar-refractivity contribution in [2.45, 2.75) is 13.0 Å². The minimum absolute atomic E-state index is 0.0820. The van der Waals surface area contributed by atoms with Crippen LogP contribution in [-0.2, 0) is 17.8 Å². The maximum Gasteiger partial charge on any atom is 0.338 e. The number of carbonyl (C=O) groups excluding carboxylic acids is 1. The predicted molar refractivity (Wildman–Crippen MR) is 124 cm³/mol. The lowest BCUT2D eigenvalue weighted by Crippen LogP contribution is -2.06. The molecule has 0 aliphatic heterocycles. The molecule has 0 bridgehead atoms. The first-order chi connectivity index (χ1) is 16.4. The van der Waals surface area contributed by atoms with Crippen molar-refractivity contribution in [3.05, 3.63) is 112 Å². The molecule has 1 N–H and O–H groups in total. The number of hydrogen-bond acceptors (Lipinski definition) is 4. The van der Waals surface area contributed by atoms with Gasteiger partial charge in [-0.3, -0.25) is 0 Å². The summed E-state index contributed by atoms with van der Waals surface area (Å²) in [5.74, 6) is -2.07. The van der Waals surface area contributed by atoms with Crippen molar-refractivity contribution in [1.82, 2.24) is 4.57 Å². The van der Waals surface area contributed by atoms with Crippen molar-refractivity contribution in [1.29, 1.82) is 0 Å². The number of phenols is 1. The van der Waals surface area contributed by atoms with Crippen LogP contribution in [0.1, 0.15) is 27.2 Å². The highest BCUT2D eigenvalue weighted by atomic mass is 35.5. The van der Waals surface area contributed by atoms with Gasteiger partial charge in [0.25, 0.3) is 0 Å². The first-order valence-corrected chi connectivity index (χ1v) is 10.7. The normalized spacial score (nSPS) is 10.8. The summed E-state index contributed by atoms with van der Waals surface area (Å²) in [6, 6.07) is 17.1. The average Bonchev–Trinajstić information content (AvgIpc) is 3.28. The van der Waals surface area contributed by atoms with Gasteiger partial charge in [-0.15, -0.1) is 0 Å². The van der Waals surface area contributed by atoms with E-state index >= 15 is 0 Å². The predicted octanol–water partition coefficient (Wildman–Crippen LogP) is 6.07. The maximum atomic E-state index is 14.0.